The third-order valence-electron chi connectivity index (χ3n) is 10.5. The van der Waals surface area contributed by atoms with Gasteiger partial charge < -0.3 is 9.13 Å². The number of aromatic nitrogens is 3. The van der Waals surface area contributed by atoms with Gasteiger partial charge in [-0.1, -0.05) is 103 Å². The number of nitrogens with zero attached hydrogens (tertiary/aromatic N) is 5. The number of nitriles is 2. The van der Waals surface area contributed by atoms with Crippen LogP contribution in [0, 0.1) is 22.7 Å². The van der Waals surface area contributed by atoms with Crippen molar-refractivity contribution in [2.24, 2.45) is 0 Å². The van der Waals surface area contributed by atoms with Crippen LogP contribution in [0.1, 0.15) is 11.1 Å². The van der Waals surface area contributed by atoms with Gasteiger partial charge >= 0.3 is 0 Å². The summed E-state index contributed by atoms with van der Waals surface area (Å²) < 4.78 is 4.61. The van der Waals surface area contributed by atoms with Crippen LogP contribution in [-0.4, -0.2) is 14.1 Å². The van der Waals surface area contributed by atoms with Crippen LogP contribution in [0.25, 0.3) is 88.5 Å². The van der Waals surface area contributed by atoms with Crippen LogP contribution in [0.3, 0.4) is 0 Å². The SMILES string of the molecule is N#Cc1ccc(-c2cc(-c3ccc(-n4c5ccccc5c5ccccc54)cc3)ncc2-c2ccc(-n3c4ccccc4c4ccccc43)cc2)cc1C#N. The van der Waals surface area contributed by atoms with E-state index in [0.29, 0.717) is 11.1 Å². The molecule has 0 atom stereocenters. The number of rotatable bonds is 5. The number of hydrogen-bond acceptors (Lipinski definition) is 3. The standard InChI is InChI=1S/C49H29N5/c50-29-35-18-17-34(27-36(35)30-51)43-28-45(33-21-25-38(26-22-33)54-48-15-7-3-11-41(48)42-12-4-8-16-49(42)54)52-31-44(43)32-19-23-37(24-20-32)53-46-13-5-1-9-39(46)40-10-2-6-14-47(40)53/h1-28,31H. The van der Waals surface area contributed by atoms with Crippen molar-refractivity contribution in [3.05, 3.63) is 187 Å². The Labute approximate surface area is 311 Å². The first kappa shape index (κ1) is 31.0. The van der Waals surface area contributed by atoms with Gasteiger partial charge in [0.2, 0.25) is 0 Å². The first-order valence-electron chi connectivity index (χ1n) is 17.8. The molecule has 0 saturated heterocycles. The van der Waals surface area contributed by atoms with Gasteiger partial charge in [-0.15, -0.1) is 0 Å². The van der Waals surface area contributed by atoms with Gasteiger partial charge in [-0.05, 0) is 83.4 Å². The Bertz CT molecular complexity index is 3060. The lowest BCUT2D eigenvalue weighted by atomic mass is 9.92. The van der Waals surface area contributed by atoms with Crippen LogP contribution in [-0.2, 0) is 0 Å². The molecule has 0 saturated carbocycles. The van der Waals surface area contributed by atoms with Gasteiger partial charge in [0.15, 0.2) is 0 Å². The molecule has 0 bridgehead atoms. The highest BCUT2D eigenvalue weighted by Gasteiger charge is 2.17. The van der Waals surface area contributed by atoms with Crippen molar-refractivity contribution in [1.82, 2.24) is 14.1 Å². The smallest absolute Gasteiger partial charge is 0.101 e. The van der Waals surface area contributed by atoms with E-state index in [4.69, 9.17) is 4.98 Å². The first-order valence-corrected chi connectivity index (χ1v) is 17.8. The van der Waals surface area contributed by atoms with Crippen molar-refractivity contribution in [3.63, 3.8) is 0 Å². The molecular formula is C49H29N5. The number of hydrogen-bond donors (Lipinski definition) is 0. The van der Waals surface area contributed by atoms with E-state index in [9.17, 15) is 10.5 Å². The van der Waals surface area contributed by atoms with Crippen LogP contribution in [0.2, 0.25) is 0 Å². The minimum Gasteiger partial charge on any atom is -0.309 e. The quantitative estimate of drug-likeness (QED) is 0.181. The molecule has 0 N–H and O–H groups in total. The minimum atomic E-state index is 0.344. The number of para-hydroxylation sites is 4. The second-order valence-electron chi connectivity index (χ2n) is 13.4. The van der Waals surface area contributed by atoms with Crippen molar-refractivity contribution in [2.75, 3.05) is 0 Å². The second kappa shape index (κ2) is 12.5. The van der Waals surface area contributed by atoms with E-state index in [-0.39, 0.29) is 0 Å². The molecule has 10 aromatic rings. The molecule has 54 heavy (non-hydrogen) atoms. The zero-order chi connectivity index (χ0) is 36.2. The molecule has 0 aliphatic carbocycles. The summed E-state index contributed by atoms with van der Waals surface area (Å²) in [4.78, 5) is 5.00. The van der Waals surface area contributed by atoms with Crippen molar-refractivity contribution >= 4 is 43.6 Å². The van der Waals surface area contributed by atoms with Crippen LogP contribution in [0.15, 0.2) is 176 Å². The van der Waals surface area contributed by atoms with Gasteiger partial charge in [-0.2, -0.15) is 10.5 Å². The zero-order valence-corrected chi connectivity index (χ0v) is 29.0. The summed E-state index contributed by atoms with van der Waals surface area (Å²) in [6.07, 6.45) is 1.92. The largest absolute Gasteiger partial charge is 0.309 e. The first-order chi connectivity index (χ1) is 26.7. The Balaban J connectivity index is 1.08. The molecule has 0 aliphatic rings. The average Bonchev–Trinajstić information content (AvgIpc) is 3.76. The Morgan fingerprint density at radius 3 is 1.28 bits per heavy atom. The zero-order valence-electron chi connectivity index (χ0n) is 29.0. The van der Waals surface area contributed by atoms with Crippen LogP contribution in [0.5, 0.6) is 0 Å². The Morgan fingerprint density at radius 1 is 0.389 bits per heavy atom. The molecule has 250 valence electrons. The summed E-state index contributed by atoms with van der Waals surface area (Å²) in [5, 5.41) is 24.5. The van der Waals surface area contributed by atoms with E-state index in [1.807, 2.05) is 12.3 Å². The van der Waals surface area contributed by atoms with Gasteiger partial charge in [0.1, 0.15) is 12.1 Å². The fraction of sp³-hybridized carbons (Fsp3) is 0. The van der Waals surface area contributed by atoms with Gasteiger partial charge in [0, 0.05) is 50.2 Å². The lowest BCUT2D eigenvalue weighted by molar-refractivity contribution is 1.18. The molecule has 3 heterocycles. The predicted octanol–water partition coefficient (Wildman–Crippen LogP) is 12.0. The topological polar surface area (TPSA) is 70.3 Å². The molecule has 0 unspecified atom stereocenters. The molecule has 10 rings (SSSR count). The van der Waals surface area contributed by atoms with Crippen molar-refractivity contribution in [3.8, 4) is 57.0 Å². The van der Waals surface area contributed by atoms with Gasteiger partial charge in [0.05, 0.1) is 38.9 Å². The summed E-state index contributed by atoms with van der Waals surface area (Å²) in [5.41, 5.74) is 13.0. The monoisotopic (exact) mass is 687 g/mol. The van der Waals surface area contributed by atoms with Gasteiger partial charge in [0.25, 0.3) is 0 Å². The normalized spacial score (nSPS) is 11.3. The molecule has 5 heteroatoms. The molecule has 0 radical (unpaired) electrons. The third kappa shape index (κ3) is 4.88. The maximum absolute atomic E-state index is 9.93. The van der Waals surface area contributed by atoms with E-state index >= 15 is 0 Å². The maximum Gasteiger partial charge on any atom is 0.101 e. The van der Waals surface area contributed by atoms with Gasteiger partial charge in [-0.3, -0.25) is 4.98 Å². The van der Waals surface area contributed by atoms with E-state index in [0.717, 1.165) is 67.0 Å². The lowest BCUT2D eigenvalue weighted by Gasteiger charge is -2.15. The van der Waals surface area contributed by atoms with Crippen LogP contribution >= 0.6 is 0 Å². The Kier molecular flexibility index (Phi) is 7.18. The molecule has 0 aliphatic heterocycles. The fourth-order valence-electron chi connectivity index (χ4n) is 7.96. The van der Waals surface area contributed by atoms with E-state index < -0.39 is 0 Å². The maximum atomic E-state index is 9.93. The summed E-state index contributed by atoms with van der Waals surface area (Å²) in [7, 11) is 0. The number of pyridine rings is 1. The highest BCUT2D eigenvalue weighted by atomic mass is 15.0. The van der Waals surface area contributed by atoms with E-state index in [1.165, 1.54) is 21.5 Å². The van der Waals surface area contributed by atoms with Crippen molar-refractivity contribution in [1.29, 1.82) is 10.5 Å². The fourth-order valence-corrected chi connectivity index (χ4v) is 7.96. The van der Waals surface area contributed by atoms with Crippen LogP contribution in [0.4, 0.5) is 0 Å². The van der Waals surface area contributed by atoms with Crippen molar-refractivity contribution in [2.45, 2.75) is 0 Å². The number of benzene rings is 7. The third-order valence-corrected chi connectivity index (χ3v) is 10.5. The average molecular weight is 688 g/mol. The second-order valence-corrected chi connectivity index (χ2v) is 13.4. The summed E-state index contributed by atoms with van der Waals surface area (Å²) >= 11 is 0. The molecule has 0 amide bonds. The minimum absolute atomic E-state index is 0.344. The van der Waals surface area contributed by atoms with E-state index in [1.54, 1.807) is 12.1 Å². The molecule has 3 aromatic heterocycles. The molecule has 7 aromatic carbocycles. The molecule has 0 fully saturated rings. The molecule has 0 spiro atoms. The summed E-state index contributed by atoms with van der Waals surface area (Å²) in [6.45, 7) is 0. The van der Waals surface area contributed by atoms with Gasteiger partial charge in [-0.25, -0.2) is 0 Å². The summed E-state index contributed by atoms with van der Waals surface area (Å²) in [6, 6.07) is 63.0. The Morgan fingerprint density at radius 2 is 0.815 bits per heavy atom. The van der Waals surface area contributed by atoms with Crippen LogP contribution < -0.4 is 0 Å². The molecular weight excluding hydrogens is 659 g/mol. The molecule has 5 nitrogen and oxygen atoms in total. The van der Waals surface area contributed by atoms with E-state index in [2.05, 4.69) is 173 Å². The van der Waals surface area contributed by atoms with Crippen molar-refractivity contribution < 1.29 is 0 Å². The lowest BCUT2D eigenvalue weighted by Crippen LogP contribution is -1.96. The summed E-state index contributed by atoms with van der Waals surface area (Å²) in [5.74, 6) is 0. The Hall–Kier alpha value is -7.73. The highest BCUT2D eigenvalue weighted by Crippen LogP contribution is 2.38. The predicted molar refractivity (Wildman–Crippen MR) is 219 cm³/mol. The highest BCUT2D eigenvalue weighted by molar-refractivity contribution is 6.10. The number of fused-ring (bicyclic) bond motifs is 6.